The zero-order chi connectivity index (χ0) is 10.8. The summed E-state index contributed by atoms with van der Waals surface area (Å²) >= 11 is 0. The highest BCUT2D eigenvalue weighted by Crippen LogP contribution is 2.14. The lowest BCUT2D eigenvalue weighted by atomic mass is 10.1. The van der Waals surface area contributed by atoms with E-state index in [9.17, 15) is 4.39 Å². The highest BCUT2D eigenvalue weighted by Gasteiger charge is 2.18. The number of halogens is 1. The van der Waals surface area contributed by atoms with Gasteiger partial charge >= 0.3 is 0 Å². The lowest BCUT2D eigenvalue weighted by Gasteiger charge is -2.15. The molecule has 0 unspecified atom stereocenters. The molecule has 1 fully saturated rings. The van der Waals surface area contributed by atoms with Crippen LogP contribution in [-0.4, -0.2) is 24.0 Å². The first-order valence-corrected chi connectivity index (χ1v) is 5.38. The van der Waals surface area contributed by atoms with E-state index in [4.69, 9.17) is 5.73 Å². The third-order valence-corrected chi connectivity index (χ3v) is 2.95. The Labute approximate surface area is 89.9 Å². The lowest BCUT2D eigenvalue weighted by Crippen LogP contribution is -2.26. The van der Waals surface area contributed by atoms with Crippen molar-refractivity contribution in [3.63, 3.8) is 0 Å². The molecule has 82 valence electrons. The van der Waals surface area contributed by atoms with Gasteiger partial charge in [0.25, 0.3) is 0 Å². The quantitative estimate of drug-likeness (QED) is 0.801. The van der Waals surface area contributed by atoms with E-state index in [2.05, 4.69) is 4.90 Å². The van der Waals surface area contributed by atoms with Crippen LogP contribution in [0.15, 0.2) is 18.2 Å². The van der Waals surface area contributed by atoms with Gasteiger partial charge in [-0.1, -0.05) is 12.1 Å². The maximum Gasteiger partial charge on any atom is 0.126 e. The number of nitrogens with two attached hydrogens (primary N) is 1. The molecule has 0 amide bonds. The second-order valence-electron chi connectivity index (χ2n) is 4.37. The molecule has 1 aromatic carbocycles. The first kappa shape index (κ1) is 10.6. The minimum absolute atomic E-state index is 0.115. The van der Waals surface area contributed by atoms with Crippen LogP contribution in [0.25, 0.3) is 0 Å². The van der Waals surface area contributed by atoms with Gasteiger partial charge in [-0.3, -0.25) is 4.90 Å². The molecule has 0 spiro atoms. The highest BCUT2D eigenvalue weighted by atomic mass is 19.1. The Morgan fingerprint density at radius 2 is 2.33 bits per heavy atom. The van der Waals surface area contributed by atoms with Gasteiger partial charge in [-0.2, -0.15) is 0 Å². The molecule has 1 aliphatic rings. The fraction of sp³-hybridized carbons (Fsp3) is 0.500. The number of hydrogen-bond donors (Lipinski definition) is 1. The fourth-order valence-electron chi connectivity index (χ4n) is 2.00. The van der Waals surface area contributed by atoms with Gasteiger partial charge in [0.05, 0.1) is 0 Å². The molecule has 1 atom stereocenters. The SMILES string of the molecule is Cc1ccc(CN2CC[C@H](N)C2)cc1F. The molecule has 1 aliphatic heterocycles. The third-order valence-electron chi connectivity index (χ3n) is 2.95. The van der Waals surface area contributed by atoms with Crippen molar-refractivity contribution in [2.45, 2.75) is 25.9 Å². The third kappa shape index (κ3) is 2.55. The minimum atomic E-state index is -0.115. The first-order valence-electron chi connectivity index (χ1n) is 5.38. The van der Waals surface area contributed by atoms with Crippen LogP contribution in [0.1, 0.15) is 17.5 Å². The highest BCUT2D eigenvalue weighted by molar-refractivity contribution is 5.23. The summed E-state index contributed by atoms with van der Waals surface area (Å²) in [6.45, 7) is 4.54. The Hall–Kier alpha value is -0.930. The van der Waals surface area contributed by atoms with Crippen LogP contribution in [0.2, 0.25) is 0 Å². The standard InChI is InChI=1S/C12H17FN2/c1-9-2-3-10(6-12(9)13)7-15-5-4-11(14)8-15/h2-3,6,11H,4-5,7-8,14H2,1H3/t11-/m0/s1. The topological polar surface area (TPSA) is 29.3 Å². The lowest BCUT2D eigenvalue weighted by molar-refractivity contribution is 0.326. The van der Waals surface area contributed by atoms with Gasteiger partial charge < -0.3 is 5.73 Å². The molecular formula is C12H17FN2. The molecule has 0 aromatic heterocycles. The molecule has 0 bridgehead atoms. The van der Waals surface area contributed by atoms with Gasteiger partial charge in [0, 0.05) is 25.7 Å². The molecule has 1 saturated heterocycles. The second-order valence-corrected chi connectivity index (χ2v) is 4.37. The molecule has 1 aromatic rings. The minimum Gasteiger partial charge on any atom is -0.326 e. The molecule has 2 N–H and O–H groups in total. The predicted molar refractivity (Wildman–Crippen MR) is 59.0 cm³/mol. The van der Waals surface area contributed by atoms with Gasteiger partial charge in [-0.15, -0.1) is 0 Å². The van der Waals surface area contributed by atoms with Crippen LogP contribution in [0, 0.1) is 12.7 Å². The van der Waals surface area contributed by atoms with Crippen molar-refractivity contribution in [1.29, 1.82) is 0 Å². The van der Waals surface area contributed by atoms with E-state index in [1.165, 1.54) is 0 Å². The molecular weight excluding hydrogens is 191 g/mol. The van der Waals surface area contributed by atoms with E-state index in [1.54, 1.807) is 13.0 Å². The van der Waals surface area contributed by atoms with Crippen molar-refractivity contribution >= 4 is 0 Å². The summed E-state index contributed by atoms with van der Waals surface area (Å²) in [4.78, 5) is 2.27. The van der Waals surface area contributed by atoms with E-state index in [1.807, 2.05) is 12.1 Å². The molecule has 0 radical (unpaired) electrons. The van der Waals surface area contributed by atoms with Gasteiger partial charge in [0.1, 0.15) is 5.82 Å². The normalized spacial score (nSPS) is 22.2. The molecule has 1 heterocycles. The largest absolute Gasteiger partial charge is 0.326 e. The zero-order valence-electron chi connectivity index (χ0n) is 9.04. The van der Waals surface area contributed by atoms with Crippen LogP contribution in [0.4, 0.5) is 4.39 Å². The Balaban J connectivity index is 2.02. The Bertz CT molecular complexity index is 351. The van der Waals surface area contributed by atoms with Gasteiger partial charge in [-0.05, 0) is 30.5 Å². The number of hydrogen-bond acceptors (Lipinski definition) is 2. The van der Waals surface area contributed by atoms with Gasteiger partial charge in [-0.25, -0.2) is 4.39 Å². The van der Waals surface area contributed by atoms with Crippen LogP contribution >= 0.6 is 0 Å². The van der Waals surface area contributed by atoms with Crippen molar-refractivity contribution in [2.75, 3.05) is 13.1 Å². The van der Waals surface area contributed by atoms with Crippen molar-refractivity contribution in [2.24, 2.45) is 5.73 Å². The van der Waals surface area contributed by atoms with Crippen LogP contribution in [0.5, 0.6) is 0 Å². The van der Waals surface area contributed by atoms with Crippen molar-refractivity contribution in [1.82, 2.24) is 4.90 Å². The molecule has 15 heavy (non-hydrogen) atoms. The number of likely N-dealkylation sites (tertiary alicyclic amines) is 1. The summed E-state index contributed by atoms with van der Waals surface area (Å²) in [5.41, 5.74) is 7.56. The summed E-state index contributed by atoms with van der Waals surface area (Å²) in [7, 11) is 0. The Kier molecular flexibility index (Phi) is 3.03. The summed E-state index contributed by atoms with van der Waals surface area (Å²) < 4.78 is 13.3. The zero-order valence-corrected chi connectivity index (χ0v) is 9.04. The van der Waals surface area contributed by atoms with Crippen LogP contribution in [-0.2, 0) is 6.54 Å². The molecule has 0 saturated carbocycles. The monoisotopic (exact) mass is 208 g/mol. The first-order chi connectivity index (χ1) is 7.15. The molecule has 2 nitrogen and oxygen atoms in total. The van der Waals surface area contributed by atoms with Gasteiger partial charge in [0.2, 0.25) is 0 Å². The predicted octanol–water partition coefficient (Wildman–Crippen LogP) is 1.67. The number of aryl methyl sites for hydroxylation is 1. The summed E-state index contributed by atoms with van der Waals surface area (Å²) in [6, 6.07) is 5.74. The van der Waals surface area contributed by atoms with Crippen LogP contribution in [0.3, 0.4) is 0 Å². The van der Waals surface area contributed by atoms with E-state index >= 15 is 0 Å². The number of benzene rings is 1. The average Bonchev–Trinajstić information content (AvgIpc) is 2.58. The maximum atomic E-state index is 13.3. The maximum absolute atomic E-state index is 13.3. The van der Waals surface area contributed by atoms with E-state index in [0.717, 1.165) is 31.6 Å². The molecule has 0 aliphatic carbocycles. The van der Waals surface area contributed by atoms with Gasteiger partial charge in [0.15, 0.2) is 0 Å². The van der Waals surface area contributed by atoms with Crippen molar-refractivity contribution < 1.29 is 4.39 Å². The van der Waals surface area contributed by atoms with Crippen LogP contribution < -0.4 is 5.73 Å². The summed E-state index contributed by atoms with van der Waals surface area (Å²) in [5, 5.41) is 0. The summed E-state index contributed by atoms with van der Waals surface area (Å²) in [6.07, 6.45) is 1.05. The Morgan fingerprint density at radius 1 is 1.53 bits per heavy atom. The van der Waals surface area contributed by atoms with Crippen molar-refractivity contribution in [3.8, 4) is 0 Å². The summed E-state index contributed by atoms with van der Waals surface area (Å²) in [5.74, 6) is -0.115. The number of nitrogens with zero attached hydrogens (tertiary/aromatic N) is 1. The van der Waals surface area contributed by atoms with E-state index in [0.29, 0.717) is 11.6 Å². The van der Waals surface area contributed by atoms with E-state index in [-0.39, 0.29) is 5.82 Å². The fourth-order valence-corrected chi connectivity index (χ4v) is 2.00. The number of rotatable bonds is 2. The Morgan fingerprint density at radius 3 is 2.93 bits per heavy atom. The average molecular weight is 208 g/mol. The van der Waals surface area contributed by atoms with Crippen molar-refractivity contribution in [3.05, 3.63) is 35.1 Å². The smallest absolute Gasteiger partial charge is 0.126 e. The molecule has 2 rings (SSSR count). The molecule has 3 heteroatoms. The second kappa shape index (κ2) is 4.29. The van der Waals surface area contributed by atoms with E-state index < -0.39 is 0 Å².